The van der Waals surface area contributed by atoms with Gasteiger partial charge in [0.25, 0.3) is 0 Å². The van der Waals surface area contributed by atoms with Crippen molar-refractivity contribution in [2.75, 3.05) is 26.2 Å². The second-order valence-electron chi connectivity index (χ2n) is 8.39. The summed E-state index contributed by atoms with van der Waals surface area (Å²) in [7, 11) is 4.80. The van der Waals surface area contributed by atoms with Crippen molar-refractivity contribution < 1.29 is 23.9 Å². The minimum Gasteiger partial charge on any atom is -0.497 e. The van der Waals surface area contributed by atoms with Gasteiger partial charge in [0.2, 0.25) is 5.91 Å². The van der Waals surface area contributed by atoms with Crippen molar-refractivity contribution in [1.82, 2.24) is 0 Å². The molecular weight excluding hydrogens is 418 g/mol. The number of anilines is 1. The van der Waals surface area contributed by atoms with E-state index in [1.807, 2.05) is 24.3 Å². The zero-order valence-electron chi connectivity index (χ0n) is 18.6. The molecule has 6 heteroatoms. The van der Waals surface area contributed by atoms with Crippen molar-refractivity contribution in [3.63, 3.8) is 0 Å². The SMILES string of the molecule is COc1ccc(C(=O)[C@H]2[C@H](C(=O)c3ccc(OC)cc3)C23C(=O)N(C)c2ccccc23)cc1. The molecule has 2 aliphatic rings. The van der Waals surface area contributed by atoms with Gasteiger partial charge in [-0.2, -0.15) is 0 Å². The van der Waals surface area contributed by atoms with Crippen LogP contribution in [0.2, 0.25) is 0 Å². The van der Waals surface area contributed by atoms with Crippen LogP contribution in [0.4, 0.5) is 5.69 Å². The first-order valence-electron chi connectivity index (χ1n) is 10.7. The number of hydrogen-bond acceptors (Lipinski definition) is 5. The normalized spacial score (nSPS) is 22.8. The van der Waals surface area contributed by atoms with Gasteiger partial charge in [0.1, 0.15) is 11.5 Å². The first-order chi connectivity index (χ1) is 15.9. The summed E-state index contributed by atoms with van der Waals surface area (Å²) in [6.45, 7) is 0. The molecule has 1 fully saturated rings. The number of nitrogens with zero attached hydrogens (tertiary/aromatic N) is 1. The van der Waals surface area contributed by atoms with Crippen molar-refractivity contribution in [3.05, 3.63) is 89.5 Å². The van der Waals surface area contributed by atoms with E-state index in [4.69, 9.17) is 9.47 Å². The number of amides is 1. The monoisotopic (exact) mass is 441 g/mol. The third kappa shape index (κ3) is 2.90. The third-order valence-electron chi connectivity index (χ3n) is 6.89. The maximum atomic E-state index is 13.7. The number of Topliss-reactive ketones (excluding diaryl/α,β-unsaturated/α-hetero) is 2. The molecule has 1 heterocycles. The highest BCUT2D eigenvalue weighted by Gasteiger charge is 2.78. The van der Waals surface area contributed by atoms with Crippen molar-refractivity contribution in [2.24, 2.45) is 11.8 Å². The summed E-state index contributed by atoms with van der Waals surface area (Å²) in [4.78, 5) is 42.6. The summed E-state index contributed by atoms with van der Waals surface area (Å²) in [5, 5.41) is 0. The average molecular weight is 441 g/mol. The van der Waals surface area contributed by atoms with E-state index in [2.05, 4.69) is 0 Å². The van der Waals surface area contributed by atoms with Gasteiger partial charge in [-0.3, -0.25) is 14.4 Å². The Hall–Kier alpha value is -3.93. The topological polar surface area (TPSA) is 72.9 Å². The molecule has 33 heavy (non-hydrogen) atoms. The fourth-order valence-corrected chi connectivity index (χ4v) is 5.19. The van der Waals surface area contributed by atoms with E-state index >= 15 is 0 Å². The van der Waals surface area contributed by atoms with Gasteiger partial charge in [-0.1, -0.05) is 18.2 Å². The van der Waals surface area contributed by atoms with Crippen LogP contribution < -0.4 is 14.4 Å². The van der Waals surface area contributed by atoms with Crippen molar-refractivity contribution in [3.8, 4) is 11.5 Å². The minimum absolute atomic E-state index is 0.219. The summed E-state index contributed by atoms with van der Waals surface area (Å²) < 4.78 is 10.4. The Bertz CT molecular complexity index is 1200. The number of carbonyl (C=O) groups excluding carboxylic acids is 3. The van der Waals surface area contributed by atoms with Crippen molar-refractivity contribution >= 4 is 23.2 Å². The van der Waals surface area contributed by atoms with Crippen LogP contribution in [0.15, 0.2) is 72.8 Å². The zero-order chi connectivity index (χ0) is 23.3. The second kappa shape index (κ2) is 7.59. The van der Waals surface area contributed by atoms with E-state index in [9.17, 15) is 14.4 Å². The number of fused-ring (bicyclic) bond motifs is 2. The van der Waals surface area contributed by atoms with E-state index in [0.717, 1.165) is 11.3 Å². The quantitative estimate of drug-likeness (QED) is 0.542. The molecule has 0 N–H and O–H groups in total. The van der Waals surface area contributed by atoms with Gasteiger partial charge < -0.3 is 14.4 Å². The number of ketones is 2. The fraction of sp³-hybridized carbons (Fsp3) is 0.222. The van der Waals surface area contributed by atoms with Crippen LogP contribution in [0.3, 0.4) is 0 Å². The second-order valence-corrected chi connectivity index (χ2v) is 8.39. The molecule has 6 nitrogen and oxygen atoms in total. The van der Waals surface area contributed by atoms with Gasteiger partial charge in [0.05, 0.1) is 31.5 Å². The first-order valence-corrected chi connectivity index (χ1v) is 10.7. The molecule has 0 saturated heterocycles. The largest absolute Gasteiger partial charge is 0.497 e. The molecule has 3 aromatic rings. The standard InChI is InChI=1S/C27H23NO5/c1-28-21-7-5-4-6-20(21)27(26(28)31)22(24(29)16-8-12-18(32-2)13-9-16)23(27)25(30)17-10-14-19(33-3)15-11-17/h4-15,22-23H,1-3H3/t22-,23-/m1/s1. The highest BCUT2D eigenvalue weighted by atomic mass is 16.5. The summed E-state index contributed by atoms with van der Waals surface area (Å²) >= 11 is 0. The van der Waals surface area contributed by atoms with Crippen LogP contribution in [0.1, 0.15) is 26.3 Å². The number of ether oxygens (including phenoxy) is 2. The Kier molecular flexibility index (Phi) is 4.81. The molecule has 0 unspecified atom stereocenters. The fourth-order valence-electron chi connectivity index (χ4n) is 5.19. The zero-order valence-corrected chi connectivity index (χ0v) is 18.6. The van der Waals surface area contributed by atoms with Crippen LogP contribution in [0, 0.1) is 11.8 Å². The Morgan fingerprint density at radius 1 is 0.758 bits per heavy atom. The van der Waals surface area contributed by atoms with Crippen LogP contribution in [-0.4, -0.2) is 38.7 Å². The summed E-state index contributed by atoms with van der Waals surface area (Å²) in [5.41, 5.74) is 1.17. The van der Waals surface area contributed by atoms with Crippen molar-refractivity contribution in [1.29, 1.82) is 0 Å². The van der Waals surface area contributed by atoms with Gasteiger partial charge >= 0.3 is 0 Å². The Labute approximate surface area is 191 Å². The van der Waals surface area contributed by atoms with Gasteiger partial charge in [-0.05, 0) is 60.2 Å². The van der Waals surface area contributed by atoms with E-state index in [0.29, 0.717) is 22.6 Å². The summed E-state index contributed by atoms with van der Waals surface area (Å²) in [5.74, 6) is -0.957. The highest BCUT2D eigenvalue weighted by Crippen LogP contribution is 2.67. The van der Waals surface area contributed by atoms with Gasteiger partial charge in [-0.15, -0.1) is 0 Å². The number of benzene rings is 3. The van der Waals surface area contributed by atoms with E-state index in [1.165, 1.54) is 0 Å². The molecule has 0 aromatic heterocycles. The lowest BCUT2D eigenvalue weighted by atomic mass is 9.90. The smallest absolute Gasteiger partial charge is 0.239 e. The van der Waals surface area contributed by atoms with Crippen LogP contribution in [-0.2, 0) is 10.2 Å². The van der Waals surface area contributed by atoms with Gasteiger partial charge in [-0.25, -0.2) is 0 Å². The van der Waals surface area contributed by atoms with Gasteiger partial charge in [0.15, 0.2) is 11.6 Å². The molecule has 0 radical (unpaired) electrons. The number of hydrogen-bond donors (Lipinski definition) is 0. The van der Waals surface area contributed by atoms with E-state index < -0.39 is 17.3 Å². The summed E-state index contributed by atoms with van der Waals surface area (Å²) in [6, 6.07) is 20.9. The van der Waals surface area contributed by atoms with Gasteiger partial charge in [0, 0.05) is 23.9 Å². The maximum absolute atomic E-state index is 13.7. The molecule has 0 bridgehead atoms. The Morgan fingerprint density at radius 3 is 1.67 bits per heavy atom. The molecule has 1 saturated carbocycles. The number of methoxy groups -OCH3 is 2. The van der Waals surface area contributed by atoms with Crippen LogP contribution >= 0.6 is 0 Å². The number of para-hydroxylation sites is 1. The molecular formula is C27H23NO5. The average Bonchev–Trinajstić information content (AvgIpc) is 3.52. The predicted octanol–water partition coefficient (Wildman–Crippen LogP) is 3.93. The van der Waals surface area contributed by atoms with E-state index in [-0.39, 0.29) is 17.5 Å². The Morgan fingerprint density at radius 2 is 1.21 bits per heavy atom. The summed E-state index contributed by atoms with van der Waals surface area (Å²) in [6.07, 6.45) is 0. The lowest BCUT2D eigenvalue weighted by Crippen LogP contribution is -2.32. The lowest BCUT2D eigenvalue weighted by Gasteiger charge is -2.12. The molecule has 1 spiro atoms. The molecule has 166 valence electrons. The maximum Gasteiger partial charge on any atom is 0.239 e. The third-order valence-corrected chi connectivity index (χ3v) is 6.89. The Balaban J connectivity index is 1.61. The highest BCUT2D eigenvalue weighted by molar-refractivity contribution is 6.23. The lowest BCUT2D eigenvalue weighted by molar-refractivity contribution is -0.120. The molecule has 1 aliphatic heterocycles. The van der Waals surface area contributed by atoms with E-state index in [1.54, 1.807) is 74.7 Å². The molecule has 2 atom stereocenters. The number of rotatable bonds is 6. The number of likely N-dealkylation sites (N-methyl/N-ethyl adjacent to an activating group) is 1. The predicted molar refractivity (Wildman–Crippen MR) is 123 cm³/mol. The van der Waals surface area contributed by atoms with Crippen LogP contribution in [0.5, 0.6) is 11.5 Å². The first kappa shape index (κ1) is 20.9. The molecule has 3 aromatic carbocycles. The minimum atomic E-state index is -1.20. The van der Waals surface area contributed by atoms with Crippen LogP contribution in [0.25, 0.3) is 0 Å². The molecule has 5 rings (SSSR count). The molecule has 1 amide bonds. The van der Waals surface area contributed by atoms with Crippen molar-refractivity contribution in [2.45, 2.75) is 5.41 Å². The molecule has 1 aliphatic carbocycles. The number of carbonyl (C=O) groups is 3.